The van der Waals surface area contributed by atoms with Crippen LogP contribution in [0.5, 0.6) is 0 Å². The molecule has 0 bridgehead atoms. The van der Waals surface area contributed by atoms with Crippen LogP contribution in [0.2, 0.25) is 0 Å². The largest absolute Gasteiger partial charge is 0.465 e. The lowest BCUT2D eigenvalue weighted by molar-refractivity contribution is 0.0601. The van der Waals surface area contributed by atoms with E-state index in [1.54, 1.807) is 41.2 Å². The molecule has 3 aromatic rings. The van der Waals surface area contributed by atoms with Crippen LogP contribution in [-0.4, -0.2) is 24.3 Å². The number of furan rings is 1. The molecular weight excluding hydrogens is 354 g/mol. The molecule has 0 fully saturated rings. The number of hydrogen-bond donors (Lipinski definition) is 0. The van der Waals surface area contributed by atoms with Crippen LogP contribution in [0, 0.1) is 0 Å². The molecule has 0 N–H and O–H groups in total. The highest BCUT2D eigenvalue weighted by atomic mass is 32.1. The van der Waals surface area contributed by atoms with Gasteiger partial charge in [-0.25, -0.2) is 9.79 Å². The maximum absolute atomic E-state index is 12.7. The summed E-state index contributed by atoms with van der Waals surface area (Å²) in [6.07, 6.45) is 3.30. The third-order valence-corrected chi connectivity index (χ3v) is 5.09. The van der Waals surface area contributed by atoms with Crippen molar-refractivity contribution in [2.75, 3.05) is 18.7 Å². The smallest absolute Gasteiger partial charge is 0.337 e. The molecular formula is C18H15N3O4S. The number of fused-ring (bicyclic) bond motifs is 1. The van der Waals surface area contributed by atoms with Crippen molar-refractivity contribution in [3.05, 3.63) is 73.7 Å². The lowest BCUT2D eigenvalue weighted by atomic mass is 10.2. The zero-order chi connectivity index (χ0) is 18.1. The van der Waals surface area contributed by atoms with Crippen LogP contribution >= 0.6 is 11.3 Å². The molecule has 0 radical (unpaired) electrons. The topological polar surface area (TPSA) is 77.0 Å². The standard InChI is InChI=1S/C18H15N3O4S/c1-24-17(23)12-4-6-13(7-5-12)20-10-19-18-21(11-20)16(22)15(26-18)9-14-3-2-8-25-14/h2-9H,10-11H2,1H3. The summed E-state index contributed by atoms with van der Waals surface area (Å²) in [5.74, 6) is 0.255. The molecule has 1 aliphatic heterocycles. The van der Waals surface area contributed by atoms with Gasteiger partial charge in [-0.1, -0.05) is 11.3 Å². The second-order valence-corrected chi connectivity index (χ2v) is 6.67. The van der Waals surface area contributed by atoms with E-state index < -0.39 is 0 Å². The lowest BCUT2D eigenvalue weighted by Gasteiger charge is -2.25. The molecule has 1 aromatic carbocycles. The number of rotatable bonds is 3. The Morgan fingerprint density at radius 3 is 2.81 bits per heavy atom. The van der Waals surface area contributed by atoms with Crippen LogP contribution < -0.4 is 19.8 Å². The van der Waals surface area contributed by atoms with Gasteiger partial charge in [0.2, 0.25) is 0 Å². The first kappa shape index (κ1) is 16.3. The summed E-state index contributed by atoms with van der Waals surface area (Å²) < 4.78 is 12.2. The number of methoxy groups -OCH3 is 1. The number of anilines is 1. The summed E-state index contributed by atoms with van der Waals surface area (Å²) in [4.78, 5) is 31.3. The monoisotopic (exact) mass is 369 g/mol. The average Bonchev–Trinajstić information content (AvgIpc) is 3.30. The normalized spacial score (nSPS) is 14.0. The van der Waals surface area contributed by atoms with Crippen molar-refractivity contribution in [3.8, 4) is 0 Å². The number of benzene rings is 1. The molecule has 2 aromatic heterocycles. The maximum atomic E-state index is 12.7. The Kier molecular flexibility index (Phi) is 4.18. The van der Waals surface area contributed by atoms with Gasteiger partial charge in [0.1, 0.15) is 19.1 Å². The van der Waals surface area contributed by atoms with Gasteiger partial charge in [-0.3, -0.25) is 9.36 Å². The van der Waals surface area contributed by atoms with Gasteiger partial charge in [-0.2, -0.15) is 0 Å². The van der Waals surface area contributed by atoms with E-state index in [4.69, 9.17) is 9.15 Å². The fourth-order valence-electron chi connectivity index (χ4n) is 2.70. The number of thiazole rings is 1. The van der Waals surface area contributed by atoms with Crippen LogP contribution in [0.25, 0.3) is 6.08 Å². The molecule has 132 valence electrons. The summed E-state index contributed by atoms with van der Waals surface area (Å²) in [7, 11) is 1.35. The number of hydrogen-bond acceptors (Lipinski definition) is 7. The van der Waals surface area contributed by atoms with Crippen LogP contribution in [0.1, 0.15) is 16.1 Å². The quantitative estimate of drug-likeness (QED) is 0.648. The molecule has 1 aliphatic rings. The Balaban J connectivity index is 1.63. The number of esters is 1. The molecule has 0 unspecified atom stereocenters. The summed E-state index contributed by atoms with van der Waals surface area (Å²) in [6, 6.07) is 10.6. The molecule has 0 saturated heterocycles. The van der Waals surface area contributed by atoms with Crippen molar-refractivity contribution in [2.45, 2.75) is 6.67 Å². The fraction of sp³-hybridized carbons (Fsp3) is 0.167. The summed E-state index contributed by atoms with van der Waals surface area (Å²) in [5, 5.41) is 0. The van der Waals surface area contributed by atoms with E-state index in [0.717, 1.165) is 5.69 Å². The summed E-state index contributed by atoms with van der Waals surface area (Å²) in [5.41, 5.74) is 1.26. The van der Waals surface area contributed by atoms with Crippen LogP contribution in [0.4, 0.5) is 5.69 Å². The highest BCUT2D eigenvalue weighted by Gasteiger charge is 2.16. The second kappa shape index (κ2) is 6.64. The van der Waals surface area contributed by atoms with Gasteiger partial charge >= 0.3 is 5.97 Å². The van der Waals surface area contributed by atoms with E-state index in [1.165, 1.54) is 18.4 Å². The second-order valence-electron chi connectivity index (χ2n) is 5.66. The maximum Gasteiger partial charge on any atom is 0.337 e. The molecule has 0 saturated carbocycles. The van der Waals surface area contributed by atoms with Crippen LogP contribution in [-0.2, 0) is 11.4 Å². The van der Waals surface area contributed by atoms with E-state index in [2.05, 4.69) is 4.99 Å². The Hall–Kier alpha value is -3.13. The van der Waals surface area contributed by atoms with E-state index in [1.807, 2.05) is 17.0 Å². The van der Waals surface area contributed by atoms with E-state index in [0.29, 0.717) is 34.0 Å². The Bertz CT molecular complexity index is 1110. The van der Waals surface area contributed by atoms with E-state index in [-0.39, 0.29) is 11.5 Å². The van der Waals surface area contributed by atoms with E-state index >= 15 is 0 Å². The number of carbonyl (C=O) groups excluding carboxylic acids is 1. The SMILES string of the molecule is COC(=O)c1ccc(N2CN=c3sc(=Cc4ccco4)c(=O)n3C2)cc1. The van der Waals surface area contributed by atoms with Crippen LogP contribution in [0.15, 0.2) is 56.9 Å². The summed E-state index contributed by atoms with van der Waals surface area (Å²) >= 11 is 1.35. The molecule has 3 heterocycles. The molecule has 26 heavy (non-hydrogen) atoms. The first-order chi connectivity index (χ1) is 12.7. The molecule has 0 atom stereocenters. The predicted molar refractivity (Wildman–Crippen MR) is 96.8 cm³/mol. The Morgan fingerprint density at radius 1 is 1.31 bits per heavy atom. The minimum atomic E-state index is -0.380. The van der Waals surface area contributed by atoms with Gasteiger partial charge in [-0.15, -0.1) is 0 Å². The number of ether oxygens (including phenoxy) is 1. The van der Waals surface area contributed by atoms with Gasteiger partial charge < -0.3 is 14.1 Å². The lowest BCUT2D eigenvalue weighted by Crippen LogP contribution is -2.42. The van der Waals surface area contributed by atoms with Crippen molar-refractivity contribution in [1.82, 2.24) is 4.57 Å². The molecule has 0 spiro atoms. The first-order valence-electron chi connectivity index (χ1n) is 7.88. The van der Waals surface area contributed by atoms with Gasteiger partial charge in [0.25, 0.3) is 5.56 Å². The highest BCUT2D eigenvalue weighted by Crippen LogP contribution is 2.17. The van der Waals surface area contributed by atoms with Crippen molar-refractivity contribution in [1.29, 1.82) is 0 Å². The zero-order valence-electron chi connectivity index (χ0n) is 13.9. The Labute approximate surface area is 152 Å². The number of aromatic nitrogens is 1. The molecule has 8 heteroatoms. The highest BCUT2D eigenvalue weighted by molar-refractivity contribution is 7.07. The average molecular weight is 369 g/mol. The molecule has 0 aliphatic carbocycles. The van der Waals surface area contributed by atoms with Gasteiger partial charge in [-0.05, 0) is 36.4 Å². The third-order valence-electron chi connectivity index (χ3n) is 4.05. The summed E-state index contributed by atoms with van der Waals surface area (Å²) in [6.45, 7) is 0.843. The van der Waals surface area contributed by atoms with E-state index in [9.17, 15) is 9.59 Å². The third kappa shape index (κ3) is 2.95. The molecule has 7 nitrogen and oxygen atoms in total. The number of nitrogens with zero attached hydrogens (tertiary/aromatic N) is 3. The van der Waals surface area contributed by atoms with Gasteiger partial charge in [0.05, 0.1) is 23.5 Å². The predicted octanol–water partition coefficient (Wildman–Crippen LogP) is 1.17. The molecule has 0 amide bonds. The Morgan fingerprint density at radius 2 is 2.12 bits per heavy atom. The first-order valence-corrected chi connectivity index (χ1v) is 8.70. The molecule has 4 rings (SSSR count). The zero-order valence-corrected chi connectivity index (χ0v) is 14.7. The number of carbonyl (C=O) groups is 1. The van der Waals surface area contributed by atoms with Crippen molar-refractivity contribution >= 4 is 29.1 Å². The van der Waals surface area contributed by atoms with Crippen LogP contribution in [0.3, 0.4) is 0 Å². The minimum Gasteiger partial charge on any atom is -0.465 e. The van der Waals surface area contributed by atoms with Crippen molar-refractivity contribution in [2.24, 2.45) is 4.99 Å². The van der Waals surface area contributed by atoms with Gasteiger partial charge in [0, 0.05) is 11.8 Å². The van der Waals surface area contributed by atoms with Crippen molar-refractivity contribution < 1.29 is 13.9 Å². The fourth-order valence-corrected chi connectivity index (χ4v) is 3.65. The van der Waals surface area contributed by atoms with Crippen molar-refractivity contribution in [3.63, 3.8) is 0 Å². The van der Waals surface area contributed by atoms with Gasteiger partial charge in [0.15, 0.2) is 4.80 Å². The minimum absolute atomic E-state index is 0.0963.